The number of benzene rings is 1. The Morgan fingerprint density at radius 1 is 1.47 bits per heavy atom. The SMILES string of the molecule is CCS(=O)(=O)C(Cl)(Br)C(O)c1ccc([N+](=O)[O-])cc1. The lowest BCUT2D eigenvalue weighted by Crippen LogP contribution is -2.34. The summed E-state index contributed by atoms with van der Waals surface area (Å²) in [7, 11) is -3.77. The molecule has 0 aliphatic carbocycles. The Hall–Kier alpha value is -0.700. The van der Waals surface area contributed by atoms with Gasteiger partial charge in [-0.3, -0.25) is 10.1 Å². The van der Waals surface area contributed by atoms with Gasteiger partial charge in [0.25, 0.3) is 5.69 Å². The van der Waals surface area contributed by atoms with E-state index in [1.807, 2.05) is 0 Å². The van der Waals surface area contributed by atoms with E-state index in [2.05, 4.69) is 15.9 Å². The molecular weight excluding hydrogens is 362 g/mol. The van der Waals surface area contributed by atoms with E-state index in [9.17, 15) is 23.6 Å². The number of non-ortho nitro benzene ring substituents is 1. The molecule has 1 aromatic rings. The Labute approximate surface area is 123 Å². The van der Waals surface area contributed by atoms with Crippen LogP contribution in [0.4, 0.5) is 5.69 Å². The van der Waals surface area contributed by atoms with Crippen molar-refractivity contribution >= 4 is 43.1 Å². The standard InChI is InChI=1S/C10H11BrClNO5S/c1-2-19(17,18)10(11,12)9(14)7-3-5-8(6-4-7)13(15)16/h3-6,9,14H,2H2,1H3. The number of hydrogen-bond acceptors (Lipinski definition) is 5. The van der Waals surface area contributed by atoms with E-state index in [1.165, 1.54) is 19.1 Å². The summed E-state index contributed by atoms with van der Waals surface area (Å²) in [5, 5.41) is 20.5. The van der Waals surface area contributed by atoms with Crippen molar-refractivity contribution in [2.24, 2.45) is 0 Å². The summed E-state index contributed by atoms with van der Waals surface area (Å²) >= 11 is 8.67. The number of rotatable bonds is 5. The molecule has 2 atom stereocenters. The number of nitro groups is 1. The monoisotopic (exact) mass is 371 g/mol. The molecule has 0 aromatic heterocycles. The molecule has 0 bridgehead atoms. The van der Waals surface area contributed by atoms with Gasteiger partial charge in [0.05, 0.1) is 10.7 Å². The van der Waals surface area contributed by atoms with Crippen molar-refractivity contribution in [2.45, 2.75) is 16.1 Å². The number of aliphatic hydroxyl groups excluding tert-OH is 1. The van der Waals surface area contributed by atoms with Crippen molar-refractivity contribution in [1.82, 2.24) is 0 Å². The van der Waals surface area contributed by atoms with Crippen LogP contribution in [0.25, 0.3) is 0 Å². The van der Waals surface area contributed by atoms with Gasteiger partial charge in [-0.1, -0.05) is 18.5 Å². The topological polar surface area (TPSA) is 97.5 Å². The van der Waals surface area contributed by atoms with Gasteiger partial charge in [-0.05, 0) is 33.6 Å². The lowest BCUT2D eigenvalue weighted by molar-refractivity contribution is -0.384. The van der Waals surface area contributed by atoms with E-state index in [4.69, 9.17) is 11.6 Å². The van der Waals surface area contributed by atoms with Crippen molar-refractivity contribution in [2.75, 3.05) is 5.75 Å². The van der Waals surface area contributed by atoms with Gasteiger partial charge in [-0.15, -0.1) is 0 Å². The van der Waals surface area contributed by atoms with E-state index < -0.39 is 24.0 Å². The predicted octanol–water partition coefficient (Wildman–Crippen LogP) is 2.35. The summed E-state index contributed by atoms with van der Waals surface area (Å²) < 4.78 is 21.5. The summed E-state index contributed by atoms with van der Waals surface area (Å²) in [6, 6.07) is 4.84. The second-order valence-electron chi connectivity index (χ2n) is 3.72. The molecule has 0 aliphatic rings. The second kappa shape index (κ2) is 5.74. The van der Waals surface area contributed by atoms with Crippen LogP contribution in [0.5, 0.6) is 0 Å². The summed E-state index contributed by atoms with van der Waals surface area (Å²) in [4.78, 5) is 9.90. The Bertz CT molecular complexity index is 572. The van der Waals surface area contributed by atoms with Crippen LogP contribution in [0.1, 0.15) is 18.6 Å². The van der Waals surface area contributed by atoms with Crippen LogP contribution in [0, 0.1) is 10.1 Å². The molecule has 0 saturated heterocycles. The van der Waals surface area contributed by atoms with Gasteiger partial charge in [0, 0.05) is 12.1 Å². The first-order chi connectivity index (χ1) is 8.63. The summed E-state index contributed by atoms with van der Waals surface area (Å²) in [5.74, 6) is -0.258. The summed E-state index contributed by atoms with van der Waals surface area (Å²) in [6.07, 6.45) is -1.56. The smallest absolute Gasteiger partial charge is 0.269 e. The van der Waals surface area contributed by atoms with Crippen LogP contribution in [0.2, 0.25) is 0 Å². The molecule has 0 saturated carbocycles. The van der Waals surface area contributed by atoms with Crippen LogP contribution in [0.15, 0.2) is 24.3 Å². The maximum absolute atomic E-state index is 11.8. The normalized spacial score (nSPS) is 16.6. The molecule has 2 unspecified atom stereocenters. The number of hydrogen-bond donors (Lipinski definition) is 1. The average Bonchev–Trinajstić information content (AvgIpc) is 2.37. The van der Waals surface area contributed by atoms with Gasteiger partial charge in [-0.25, -0.2) is 8.42 Å². The Balaban J connectivity index is 3.13. The summed E-state index contributed by atoms with van der Waals surface area (Å²) in [5.41, 5.74) is -0.00135. The van der Waals surface area contributed by atoms with Crippen LogP contribution < -0.4 is 0 Å². The predicted molar refractivity (Wildman–Crippen MR) is 75.0 cm³/mol. The van der Waals surface area contributed by atoms with Crippen LogP contribution in [-0.4, -0.2) is 27.3 Å². The van der Waals surface area contributed by atoms with Crippen molar-refractivity contribution < 1.29 is 18.4 Å². The van der Waals surface area contributed by atoms with Gasteiger partial charge in [0.15, 0.2) is 9.84 Å². The van der Waals surface area contributed by atoms with Gasteiger partial charge in [-0.2, -0.15) is 0 Å². The molecule has 106 valence electrons. The van der Waals surface area contributed by atoms with Gasteiger partial charge in [0.2, 0.25) is 3.12 Å². The number of nitro benzene ring substituents is 1. The minimum absolute atomic E-state index is 0.162. The van der Waals surface area contributed by atoms with E-state index in [1.54, 1.807) is 0 Å². The van der Waals surface area contributed by atoms with E-state index in [0.29, 0.717) is 0 Å². The van der Waals surface area contributed by atoms with Crippen LogP contribution in [0.3, 0.4) is 0 Å². The Morgan fingerprint density at radius 2 is 1.95 bits per heavy atom. The van der Waals surface area contributed by atoms with E-state index in [-0.39, 0.29) is 17.0 Å². The van der Waals surface area contributed by atoms with E-state index in [0.717, 1.165) is 12.1 Å². The van der Waals surface area contributed by atoms with Crippen LogP contribution in [-0.2, 0) is 9.84 Å². The quantitative estimate of drug-likeness (QED) is 0.486. The first-order valence-electron chi connectivity index (χ1n) is 5.16. The molecule has 0 amide bonds. The number of sulfone groups is 1. The fourth-order valence-electron chi connectivity index (χ4n) is 1.33. The zero-order valence-corrected chi connectivity index (χ0v) is 12.9. The zero-order valence-electron chi connectivity index (χ0n) is 9.79. The highest BCUT2D eigenvalue weighted by atomic mass is 79.9. The van der Waals surface area contributed by atoms with Gasteiger partial charge >= 0.3 is 0 Å². The van der Waals surface area contributed by atoms with Crippen molar-refractivity contribution in [1.29, 1.82) is 0 Å². The fourth-order valence-corrected chi connectivity index (χ4v) is 3.60. The highest BCUT2D eigenvalue weighted by Crippen LogP contribution is 2.43. The van der Waals surface area contributed by atoms with Gasteiger partial charge in [0.1, 0.15) is 6.10 Å². The van der Waals surface area contributed by atoms with E-state index >= 15 is 0 Å². The first-order valence-corrected chi connectivity index (χ1v) is 7.98. The lowest BCUT2D eigenvalue weighted by Gasteiger charge is -2.25. The highest BCUT2D eigenvalue weighted by molar-refractivity contribution is 9.12. The molecule has 1 aromatic carbocycles. The molecular formula is C10H11BrClNO5S. The molecule has 6 nitrogen and oxygen atoms in total. The Morgan fingerprint density at radius 3 is 2.32 bits per heavy atom. The molecule has 0 aliphatic heterocycles. The average molecular weight is 373 g/mol. The second-order valence-corrected chi connectivity index (χ2v) is 9.22. The third-order valence-corrected chi connectivity index (χ3v) is 7.17. The molecule has 1 rings (SSSR count). The minimum atomic E-state index is -3.77. The molecule has 9 heteroatoms. The number of nitrogens with zero attached hydrogens (tertiary/aromatic N) is 1. The molecule has 0 heterocycles. The number of halogens is 2. The van der Waals surface area contributed by atoms with Crippen molar-refractivity contribution in [3.05, 3.63) is 39.9 Å². The maximum Gasteiger partial charge on any atom is 0.269 e. The molecule has 0 spiro atoms. The molecule has 0 fully saturated rings. The molecule has 19 heavy (non-hydrogen) atoms. The Kier molecular flexibility index (Phi) is 4.94. The van der Waals surface area contributed by atoms with Crippen molar-refractivity contribution in [3.8, 4) is 0 Å². The third kappa shape index (κ3) is 3.25. The molecule has 0 radical (unpaired) electrons. The zero-order chi connectivity index (χ0) is 14.8. The van der Waals surface area contributed by atoms with Crippen LogP contribution >= 0.6 is 27.5 Å². The summed E-state index contributed by atoms with van der Waals surface area (Å²) in [6.45, 7) is 1.40. The van der Waals surface area contributed by atoms with Crippen molar-refractivity contribution in [3.63, 3.8) is 0 Å². The fraction of sp³-hybridized carbons (Fsp3) is 0.400. The molecule has 1 N–H and O–H groups in total. The first kappa shape index (κ1) is 16.4. The third-order valence-electron chi connectivity index (χ3n) is 2.53. The van der Waals surface area contributed by atoms with Gasteiger partial charge < -0.3 is 5.11 Å². The number of aliphatic hydroxyl groups is 1. The minimum Gasteiger partial charge on any atom is -0.385 e. The lowest BCUT2D eigenvalue weighted by atomic mass is 10.1. The number of alkyl halides is 2. The highest BCUT2D eigenvalue weighted by Gasteiger charge is 2.45. The maximum atomic E-state index is 11.8. The largest absolute Gasteiger partial charge is 0.385 e.